The minimum atomic E-state index is -3.18. The lowest BCUT2D eigenvalue weighted by atomic mass is 9.91. The molecule has 1 aliphatic rings. The normalized spacial score (nSPS) is 16.6. The number of hydrogen-bond donors (Lipinski definition) is 1. The zero-order valence-electron chi connectivity index (χ0n) is 14.9. The van der Waals surface area contributed by atoms with E-state index in [0.717, 1.165) is 0 Å². The molecule has 2 heterocycles. The molecule has 2 atom stereocenters. The van der Waals surface area contributed by atoms with Gasteiger partial charge in [-0.05, 0) is 22.8 Å². The van der Waals surface area contributed by atoms with Gasteiger partial charge >= 0.3 is 0 Å². The number of benzene rings is 1. The number of aliphatic hydroxyl groups excluding tert-OH is 1. The summed E-state index contributed by atoms with van der Waals surface area (Å²) >= 11 is 0. The molecular weight excluding hydrogens is 375 g/mol. The number of aromatic nitrogens is 1. The smallest absolute Gasteiger partial charge is 0.295 e. The van der Waals surface area contributed by atoms with Crippen molar-refractivity contribution in [3.8, 4) is 11.1 Å². The van der Waals surface area contributed by atoms with E-state index in [9.17, 15) is 27.9 Å². The lowest BCUT2D eigenvalue weighted by molar-refractivity contribution is -0.131. The van der Waals surface area contributed by atoms with E-state index in [0.29, 0.717) is 29.9 Å². The summed E-state index contributed by atoms with van der Waals surface area (Å²) in [5, 5.41) is 10.2. The Bertz CT molecular complexity index is 878. The average Bonchev–Trinajstić information content (AvgIpc) is 2.65. The molecule has 8 heteroatoms. The largest absolute Gasteiger partial charge is 0.388 e. The van der Waals surface area contributed by atoms with Crippen LogP contribution in [-0.2, 0) is 9.53 Å². The minimum Gasteiger partial charge on any atom is -0.388 e. The standard InChI is InChI=1S/C20H20F3NO4/c21-9-15(7-17(25)20(22)23)19(27)13-3-1-12(2-4-13)14-5-6-24(18(26)8-14)16-10-28-11-16/h1-6,8,15-16,19-20,27H,7,9-11H2/t15-,19-/m1/s1. The fraction of sp³-hybridized carbons (Fsp3) is 0.400. The van der Waals surface area contributed by atoms with E-state index < -0.39 is 37.3 Å². The number of hydrogen-bond acceptors (Lipinski definition) is 4. The Labute approximate surface area is 159 Å². The third kappa shape index (κ3) is 4.34. The van der Waals surface area contributed by atoms with Gasteiger partial charge in [0.2, 0.25) is 0 Å². The Morgan fingerprint density at radius 2 is 1.86 bits per heavy atom. The van der Waals surface area contributed by atoms with Gasteiger partial charge in [0.1, 0.15) is 0 Å². The van der Waals surface area contributed by atoms with E-state index >= 15 is 0 Å². The Kier molecular flexibility index (Phi) is 6.31. The lowest BCUT2D eigenvalue weighted by Crippen LogP contribution is -2.36. The van der Waals surface area contributed by atoms with Crippen LogP contribution in [0.3, 0.4) is 0 Å². The quantitative estimate of drug-likeness (QED) is 0.746. The number of carbonyl (C=O) groups is 1. The van der Waals surface area contributed by atoms with Crippen LogP contribution in [0.2, 0.25) is 0 Å². The van der Waals surface area contributed by atoms with Crippen molar-refractivity contribution in [2.24, 2.45) is 5.92 Å². The summed E-state index contributed by atoms with van der Waals surface area (Å²) in [7, 11) is 0. The van der Waals surface area contributed by atoms with Crippen LogP contribution in [0.25, 0.3) is 11.1 Å². The summed E-state index contributed by atoms with van der Waals surface area (Å²) in [6.07, 6.45) is -3.60. The maximum atomic E-state index is 13.1. The van der Waals surface area contributed by atoms with Gasteiger partial charge in [0, 0.05) is 24.6 Å². The molecule has 2 aromatic rings. The molecule has 1 aromatic carbocycles. The summed E-state index contributed by atoms with van der Waals surface area (Å²) in [5.74, 6) is -2.63. The molecule has 0 radical (unpaired) electrons. The number of ether oxygens (including phenoxy) is 1. The number of pyridine rings is 1. The molecule has 0 saturated carbocycles. The second kappa shape index (κ2) is 8.70. The molecule has 1 aliphatic heterocycles. The van der Waals surface area contributed by atoms with Crippen LogP contribution in [0.4, 0.5) is 13.2 Å². The molecule has 28 heavy (non-hydrogen) atoms. The second-order valence-corrected chi connectivity index (χ2v) is 6.80. The third-order valence-corrected chi connectivity index (χ3v) is 4.90. The van der Waals surface area contributed by atoms with Crippen molar-refractivity contribution in [3.63, 3.8) is 0 Å². The SMILES string of the molecule is O=C(C[C@H](CF)[C@H](O)c1ccc(-c2ccn(C3COC3)c(=O)c2)cc1)C(F)F. The molecule has 0 bridgehead atoms. The Morgan fingerprint density at radius 1 is 1.18 bits per heavy atom. The predicted molar refractivity (Wildman–Crippen MR) is 96.0 cm³/mol. The van der Waals surface area contributed by atoms with Gasteiger partial charge in [-0.2, -0.15) is 0 Å². The maximum absolute atomic E-state index is 13.1. The number of alkyl halides is 3. The molecular formula is C20H20F3NO4. The third-order valence-electron chi connectivity index (χ3n) is 4.90. The van der Waals surface area contributed by atoms with Gasteiger partial charge in [0.15, 0.2) is 5.78 Å². The van der Waals surface area contributed by atoms with E-state index in [1.807, 2.05) is 0 Å². The van der Waals surface area contributed by atoms with Gasteiger partial charge in [-0.25, -0.2) is 8.78 Å². The van der Waals surface area contributed by atoms with E-state index in [4.69, 9.17) is 4.74 Å². The predicted octanol–water partition coefficient (Wildman–Crippen LogP) is 2.93. The fourth-order valence-electron chi connectivity index (χ4n) is 3.10. The van der Waals surface area contributed by atoms with Crippen molar-refractivity contribution in [1.29, 1.82) is 0 Å². The Hall–Kier alpha value is -2.45. The number of ketones is 1. The van der Waals surface area contributed by atoms with Crippen LogP contribution in [-0.4, -0.2) is 41.8 Å². The highest BCUT2D eigenvalue weighted by atomic mass is 19.3. The summed E-state index contributed by atoms with van der Waals surface area (Å²) < 4.78 is 44.6. The number of Topliss-reactive ketones (excluding diaryl/α,β-unsaturated/α-hetero) is 1. The van der Waals surface area contributed by atoms with Gasteiger partial charge < -0.3 is 14.4 Å². The minimum absolute atomic E-state index is 0.0488. The Morgan fingerprint density at radius 3 is 2.36 bits per heavy atom. The summed E-state index contributed by atoms with van der Waals surface area (Å²) in [4.78, 5) is 23.4. The first-order valence-corrected chi connectivity index (χ1v) is 8.86. The van der Waals surface area contributed by atoms with E-state index in [-0.39, 0.29) is 11.6 Å². The van der Waals surface area contributed by atoms with Crippen molar-refractivity contribution < 1.29 is 27.8 Å². The van der Waals surface area contributed by atoms with Crippen molar-refractivity contribution in [3.05, 3.63) is 58.5 Å². The molecule has 0 spiro atoms. The summed E-state index contributed by atoms with van der Waals surface area (Å²) in [6, 6.07) is 9.68. The monoisotopic (exact) mass is 395 g/mol. The molecule has 0 aliphatic carbocycles. The van der Waals surface area contributed by atoms with Crippen molar-refractivity contribution >= 4 is 5.78 Å². The molecule has 1 aromatic heterocycles. The van der Waals surface area contributed by atoms with Crippen molar-refractivity contribution in [2.45, 2.75) is 25.0 Å². The van der Waals surface area contributed by atoms with E-state index in [1.165, 1.54) is 18.2 Å². The van der Waals surface area contributed by atoms with Gasteiger partial charge in [0.25, 0.3) is 12.0 Å². The van der Waals surface area contributed by atoms with Crippen molar-refractivity contribution in [1.82, 2.24) is 4.57 Å². The van der Waals surface area contributed by atoms with Crippen LogP contribution >= 0.6 is 0 Å². The highest BCUT2D eigenvalue weighted by Gasteiger charge is 2.27. The highest BCUT2D eigenvalue weighted by molar-refractivity contribution is 5.81. The van der Waals surface area contributed by atoms with Gasteiger partial charge in [-0.3, -0.25) is 14.0 Å². The number of halogens is 3. The maximum Gasteiger partial charge on any atom is 0.295 e. The molecule has 1 fully saturated rings. The van der Waals surface area contributed by atoms with E-state index in [2.05, 4.69) is 0 Å². The molecule has 3 rings (SSSR count). The molecule has 0 amide bonds. The first-order valence-electron chi connectivity index (χ1n) is 8.86. The van der Waals surface area contributed by atoms with Gasteiger partial charge in [-0.15, -0.1) is 0 Å². The highest BCUT2D eigenvalue weighted by Crippen LogP contribution is 2.28. The average molecular weight is 395 g/mol. The summed E-state index contributed by atoms with van der Waals surface area (Å²) in [6.45, 7) is -0.0736. The lowest BCUT2D eigenvalue weighted by Gasteiger charge is -2.27. The topological polar surface area (TPSA) is 68.5 Å². The van der Waals surface area contributed by atoms with Crippen molar-refractivity contribution in [2.75, 3.05) is 19.9 Å². The molecule has 1 saturated heterocycles. The van der Waals surface area contributed by atoms with Crippen LogP contribution in [0.15, 0.2) is 47.4 Å². The first-order chi connectivity index (χ1) is 13.4. The van der Waals surface area contributed by atoms with E-state index in [1.54, 1.807) is 29.0 Å². The number of rotatable bonds is 8. The number of carbonyl (C=O) groups excluding carboxylic acids is 1. The number of aliphatic hydroxyl groups is 1. The van der Waals surface area contributed by atoms with Crippen LogP contribution in [0.1, 0.15) is 24.1 Å². The molecule has 1 N–H and O–H groups in total. The molecule has 0 unspecified atom stereocenters. The molecule has 150 valence electrons. The van der Waals surface area contributed by atoms with Crippen LogP contribution in [0.5, 0.6) is 0 Å². The number of nitrogens with zero attached hydrogens (tertiary/aromatic N) is 1. The summed E-state index contributed by atoms with van der Waals surface area (Å²) in [5.41, 5.74) is 1.55. The van der Waals surface area contributed by atoms with Crippen LogP contribution < -0.4 is 5.56 Å². The van der Waals surface area contributed by atoms with Gasteiger partial charge in [0.05, 0.1) is 32.0 Å². The van der Waals surface area contributed by atoms with Gasteiger partial charge in [-0.1, -0.05) is 24.3 Å². The van der Waals surface area contributed by atoms with Crippen LogP contribution in [0, 0.1) is 5.92 Å². The molecule has 5 nitrogen and oxygen atoms in total. The Balaban J connectivity index is 1.74. The first kappa shape index (κ1) is 20.3. The zero-order chi connectivity index (χ0) is 20.3. The zero-order valence-corrected chi connectivity index (χ0v) is 14.9. The fourth-order valence-corrected chi connectivity index (χ4v) is 3.10. The second-order valence-electron chi connectivity index (χ2n) is 6.80.